The van der Waals surface area contributed by atoms with E-state index >= 15 is 0 Å². The Bertz CT molecular complexity index is 491. The van der Waals surface area contributed by atoms with Crippen molar-refractivity contribution in [3.63, 3.8) is 0 Å². The molecule has 1 aromatic heterocycles. The van der Waals surface area contributed by atoms with E-state index in [1.54, 1.807) is 0 Å². The van der Waals surface area contributed by atoms with Gasteiger partial charge < -0.3 is 5.73 Å². The molecule has 1 heterocycles. The normalized spacial score (nSPS) is 10.6. The van der Waals surface area contributed by atoms with E-state index in [1.165, 1.54) is 10.7 Å². The maximum Gasteiger partial charge on any atom is 0.245 e. The van der Waals surface area contributed by atoms with Crippen molar-refractivity contribution < 1.29 is 4.39 Å². The molecule has 1 aromatic carbocycles. The van der Waals surface area contributed by atoms with Crippen LogP contribution in [0.4, 0.5) is 10.3 Å². The number of nitrogens with zero attached hydrogens (tertiary/aromatic N) is 4. The van der Waals surface area contributed by atoms with Crippen molar-refractivity contribution in [3.05, 3.63) is 27.4 Å². The van der Waals surface area contributed by atoms with Crippen molar-refractivity contribution in [3.8, 4) is 5.69 Å². The number of anilines is 1. The first-order chi connectivity index (χ1) is 7.09. The van der Waals surface area contributed by atoms with Gasteiger partial charge in [-0.25, -0.2) is 4.39 Å². The lowest BCUT2D eigenvalue weighted by atomic mass is 10.3. The van der Waals surface area contributed by atoms with Crippen LogP contribution < -0.4 is 5.73 Å². The van der Waals surface area contributed by atoms with Crippen LogP contribution in [0.3, 0.4) is 0 Å². The van der Waals surface area contributed by atoms with Gasteiger partial charge in [-0.05, 0) is 38.5 Å². The van der Waals surface area contributed by atoms with Crippen molar-refractivity contribution in [1.82, 2.24) is 20.2 Å². The average molecular weight is 292 g/mol. The van der Waals surface area contributed by atoms with Crippen LogP contribution in [-0.2, 0) is 0 Å². The van der Waals surface area contributed by atoms with Crippen LogP contribution in [0.1, 0.15) is 0 Å². The van der Waals surface area contributed by atoms with Crippen LogP contribution >= 0.6 is 27.5 Å². The molecule has 15 heavy (non-hydrogen) atoms. The zero-order valence-electron chi connectivity index (χ0n) is 7.15. The molecule has 0 fully saturated rings. The van der Waals surface area contributed by atoms with Crippen LogP contribution in [0.2, 0.25) is 5.02 Å². The van der Waals surface area contributed by atoms with Gasteiger partial charge in [-0.2, -0.15) is 4.68 Å². The molecule has 0 saturated carbocycles. The lowest BCUT2D eigenvalue weighted by Gasteiger charge is -2.06. The second kappa shape index (κ2) is 3.74. The Balaban J connectivity index is 2.68. The topological polar surface area (TPSA) is 69.6 Å². The van der Waals surface area contributed by atoms with E-state index in [4.69, 9.17) is 17.3 Å². The van der Waals surface area contributed by atoms with Gasteiger partial charge in [-0.15, -0.1) is 0 Å². The first-order valence-corrected chi connectivity index (χ1v) is 4.95. The molecule has 2 aromatic rings. The van der Waals surface area contributed by atoms with Gasteiger partial charge in [0.05, 0.1) is 5.02 Å². The summed E-state index contributed by atoms with van der Waals surface area (Å²) in [7, 11) is 0. The van der Waals surface area contributed by atoms with Crippen LogP contribution in [0, 0.1) is 5.82 Å². The Morgan fingerprint density at radius 1 is 1.47 bits per heavy atom. The molecule has 0 aliphatic carbocycles. The summed E-state index contributed by atoms with van der Waals surface area (Å²) < 4.78 is 14.6. The zero-order chi connectivity index (χ0) is 11.0. The van der Waals surface area contributed by atoms with Crippen molar-refractivity contribution >= 4 is 33.5 Å². The average Bonchev–Trinajstić information content (AvgIpc) is 2.50. The minimum absolute atomic E-state index is 0.0733. The third kappa shape index (κ3) is 1.80. The molecule has 0 atom stereocenters. The number of nitrogens with two attached hydrogens (primary N) is 1. The van der Waals surface area contributed by atoms with Crippen LogP contribution in [-0.4, -0.2) is 20.2 Å². The van der Waals surface area contributed by atoms with E-state index in [2.05, 4.69) is 31.5 Å². The zero-order valence-corrected chi connectivity index (χ0v) is 9.50. The van der Waals surface area contributed by atoms with Crippen molar-refractivity contribution in [2.45, 2.75) is 0 Å². The maximum absolute atomic E-state index is 12.9. The molecule has 78 valence electrons. The molecule has 0 unspecified atom stereocenters. The number of rotatable bonds is 1. The van der Waals surface area contributed by atoms with Gasteiger partial charge in [-0.3, -0.25) is 0 Å². The lowest BCUT2D eigenvalue weighted by molar-refractivity contribution is 0.626. The highest BCUT2D eigenvalue weighted by molar-refractivity contribution is 9.10. The fourth-order valence-electron chi connectivity index (χ4n) is 1.09. The molecule has 0 amide bonds. The van der Waals surface area contributed by atoms with E-state index in [-0.39, 0.29) is 11.0 Å². The summed E-state index contributed by atoms with van der Waals surface area (Å²) in [5, 5.41) is 10.7. The van der Waals surface area contributed by atoms with Crippen LogP contribution in [0.25, 0.3) is 5.69 Å². The molecule has 0 aliphatic rings. The quantitative estimate of drug-likeness (QED) is 0.870. The number of aromatic nitrogens is 4. The van der Waals surface area contributed by atoms with Gasteiger partial charge in [0, 0.05) is 4.47 Å². The number of benzene rings is 1. The second-order valence-electron chi connectivity index (χ2n) is 2.67. The standard InChI is InChI=1S/C7H4BrClFN5/c8-4-1-3(10)2-5(9)6(4)15-7(11)12-13-14-15/h1-2H,(H2,11,12,14). The Morgan fingerprint density at radius 3 is 2.73 bits per heavy atom. The van der Waals surface area contributed by atoms with E-state index in [1.807, 2.05) is 0 Å². The highest BCUT2D eigenvalue weighted by Crippen LogP contribution is 2.30. The molecule has 2 rings (SSSR count). The Hall–Kier alpha value is -1.21. The third-order valence-electron chi connectivity index (χ3n) is 1.69. The molecule has 2 N–H and O–H groups in total. The summed E-state index contributed by atoms with van der Waals surface area (Å²) in [6.07, 6.45) is 0. The Kier molecular flexibility index (Phi) is 2.57. The highest BCUT2D eigenvalue weighted by atomic mass is 79.9. The molecule has 0 bridgehead atoms. The van der Waals surface area contributed by atoms with Gasteiger partial charge in [0.1, 0.15) is 11.5 Å². The molecule has 0 saturated heterocycles. The third-order valence-corrected chi connectivity index (χ3v) is 2.58. The first-order valence-electron chi connectivity index (χ1n) is 3.78. The van der Waals surface area contributed by atoms with Crippen molar-refractivity contribution in [2.24, 2.45) is 0 Å². The van der Waals surface area contributed by atoms with E-state index in [0.29, 0.717) is 10.2 Å². The molecule has 0 aliphatic heterocycles. The predicted molar refractivity (Wildman–Crippen MR) is 56.2 cm³/mol. The Morgan fingerprint density at radius 2 is 2.20 bits per heavy atom. The molecule has 0 spiro atoms. The minimum atomic E-state index is -0.456. The van der Waals surface area contributed by atoms with Gasteiger partial charge in [0.2, 0.25) is 5.95 Å². The van der Waals surface area contributed by atoms with Gasteiger partial charge >= 0.3 is 0 Å². The number of tetrazole rings is 1. The number of hydrogen-bond acceptors (Lipinski definition) is 4. The summed E-state index contributed by atoms with van der Waals surface area (Å²) >= 11 is 9.01. The monoisotopic (exact) mass is 291 g/mol. The van der Waals surface area contributed by atoms with Crippen molar-refractivity contribution in [1.29, 1.82) is 0 Å². The van der Waals surface area contributed by atoms with E-state index in [0.717, 1.165) is 6.07 Å². The molecule has 8 heteroatoms. The van der Waals surface area contributed by atoms with Gasteiger partial charge in [0.25, 0.3) is 0 Å². The number of halogens is 3. The SMILES string of the molecule is Nc1nnnn1-c1c(Cl)cc(F)cc1Br. The summed E-state index contributed by atoms with van der Waals surface area (Å²) in [5.41, 5.74) is 5.91. The fraction of sp³-hybridized carbons (Fsp3) is 0. The van der Waals surface area contributed by atoms with E-state index in [9.17, 15) is 4.39 Å². The summed E-state index contributed by atoms with van der Waals surface area (Å²) in [4.78, 5) is 0. The largest absolute Gasteiger partial charge is 0.366 e. The highest BCUT2D eigenvalue weighted by Gasteiger charge is 2.14. The lowest BCUT2D eigenvalue weighted by Crippen LogP contribution is -2.04. The summed E-state index contributed by atoms with van der Waals surface area (Å²) in [6.45, 7) is 0. The van der Waals surface area contributed by atoms with Crippen molar-refractivity contribution in [2.75, 3.05) is 5.73 Å². The minimum Gasteiger partial charge on any atom is -0.366 e. The first kappa shape index (κ1) is 10.3. The van der Waals surface area contributed by atoms with Gasteiger partial charge in [-0.1, -0.05) is 16.7 Å². The Labute approximate surface area is 97.1 Å². The van der Waals surface area contributed by atoms with E-state index < -0.39 is 5.82 Å². The number of hydrogen-bond donors (Lipinski definition) is 1. The van der Waals surface area contributed by atoms with Crippen LogP contribution in [0.5, 0.6) is 0 Å². The number of nitrogen functional groups attached to an aromatic ring is 1. The smallest absolute Gasteiger partial charge is 0.245 e. The van der Waals surface area contributed by atoms with Crippen LogP contribution in [0.15, 0.2) is 16.6 Å². The summed E-state index contributed by atoms with van der Waals surface area (Å²) in [5.74, 6) is -0.383. The maximum atomic E-state index is 12.9. The summed E-state index contributed by atoms with van der Waals surface area (Å²) in [6, 6.07) is 2.41. The second-order valence-corrected chi connectivity index (χ2v) is 3.93. The molecular formula is C7H4BrClFN5. The predicted octanol–water partition coefficient (Wildman–Crippen LogP) is 1.80. The molecular weight excluding hydrogens is 288 g/mol. The van der Waals surface area contributed by atoms with Gasteiger partial charge in [0.15, 0.2) is 0 Å². The molecule has 5 nitrogen and oxygen atoms in total. The molecule has 0 radical (unpaired) electrons. The fourth-order valence-corrected chi connectivity index (χ4v) is 2.09.